The van der Waals surface area contributed by atoms with Crippen LogP contribution in [0.15, 0.2) is 77.3 Å². The van der Waals surface area contributed by atoms with Crippen LogP contribution in [-0.4, -0.2) is 32.6 Å². The summed E-state index contributed by atoms with van der Waals surface area (Å²) in [5.74, 6) is 0.553. The number of hydrogen-bond acceptors (Lipinski definition) is 5. The van der Waals surface area contributed by atoms with Gasteiger partial charge in [-0.15, -0.1) is 0 Å². The minimum atomic E-state index is -1.29. The molecule has 2 aromatic heterocycles. The van der Waals surface area contributed by atoms with Crippen LogP contribution in [0, 0.1) is 0 Å². The topological polar surface area (TPSA) is 70.4 Å². The Morgan fingerprint density at radius 1 is 0.969 bits per heavy atom. The predicted molar refractivity (Wildman–Crippen MR) is 132 cm³/mol. The molecule has 0 saturated carbocycles. The van der Waals surface area contributed by atoms with Crippen molar-refractivity contribution in [1.29, 1.82) is 0 Å². The number of ether oxygens (including phenoxy) is 1. The van der Waals surface area contributed by atoms with E-state index in [-0.39, 0.29) is 4.75 Å². The molecule has 0 saturated heterocycles. The van der Waals surface area contributed by atoms with Crippen molar-refractivity contribution in [3.63, 3.8) is 0 Å². The Bertz CT molecular complexity index is 1250. The van der Waals surface area contributed by atoms with Crippen LogP contribution in [0.4, 0.5) is 0 Å². The molecular formula is C26H25N3O2S. The molecule has 0 aliphatic rings. The van der Waals surface area contributed by atoms with Gasteiger partial charge >= 0.3 is 0 Å². The van der Waals surface area contributed by atoms with E-state index in [0.717, 1.165) is 38.9 Å². The third-order valence-corrected chi connectivity index (χ3v) is 6.33. The van der Waals surface area contributed by atoms with Crippen LogP contribution in [-0.2, 0) is 11.4 Å². The Morgan fingerprint density at radius 2 is 1.69 bits per heavy atom. The van der Waals surface area contributed by atoms with E-state index in [2.05, 4.69) is 27.6 Å². The molecule has 0 amide bonds. The molecule has 0 aliphatic heterocycles. The second-order valence-electron chi connectivity index (χ2n) is 8.36. The van der Waals surface area contributed by atoms with Crippen molar-refractivity contribution in [2.24, 2.45) is 4.40 Å². The molecule has 0 bridgehead atoms. The first kappa shape index (κ1) is 22.0. The molecule has 4 rings (SSSR count). The van der Waals surface area contributed by atoms with E-state index in [9.17, 15) is 4.55 Å². The van der Waals surface area contributed by atoms with Crippen LogP contribution < -0.4 is 4.74 Å². The highest BCUT2D eigenvalue weighted by atomic mass is 32.2. The highest BCUT2D eigenvalue weighted by molar-refractivity contribution is 7.91. The largest absolute Gasteiger partial charge is 0.591 e. The van der Waals surface area contributed by atoms with E-state index in [1.807, 2.05) is 69.3 Å². The average molecular weight is 444 g/mol. The highest BCUT2D eigenvalue weighted by Gasteiger charge is 2.25. The summed E-state index contributed by atoms with van der Waals surface area (Å²) in [4.78, 5) is 9.29. The molecule has 0 radical (unpaired) electrons. The van der Waals surface area contributed by atoms with Gasteiger partial charge in [-0.2, -0.15) is 0 Å². The lowest BCUT2D eigenvalue weighted by Crippen LogP contribution is -2.25. The Kier molecular flexibility index (Phi) is 6.26. The molecule has 6 heteroatoms. The van der Waals surface area contributed by atoms with Crippen LogP contribution in [0.1, 0.15) is 26.3 Å². The number of rotatable bonds is 5. The van der Waals surface area contributed by atoms with E-state index in [1.165, 1.54) is 0 Å². The summed E-state index contributed by atoms with van der Waals surface area (Å²) in [7, 11) is 1.62. The summed E-state index contributed by atoms with van der Waals surface area (Å²) in [5, 5.41) is 0.867. The number of methoxy groups -OCH3 is 1. The summed E-state index contributed by atoms with van der Waals surface area (Å²) in [6.07, 6.45) is 3.36. The Hall–Kier alpha value is -3.22. The van der Waals surface area contributed by atoms with Gasteiger partial charge in [0.2, 0.25) is 5.88 Å². The van der Waals surface area contributed by atoms with Gasteiger partial charge < -0.3 is 9.29 Å². The SMILES string of the molecule is COc1nccc2nc(-c3ccc(/C=N/[S+]([O-])C(C)(C)C)cc3)c(-c3ccccc3)cc12. The van der Waals surface area contributed by atoms with Gasteiger partial charge in [0.25, 0.3) is 0 Å². The minimum absolute atomic E-state index is 0.383. The fourth-order valence-corrected chi connectivity index (χ4v) is 3.82. The fraction of sp³-hybridized carbons (Fsp3) is 0.192. The van der Waals surface area contributed by atoms with Crippen LogP contribution >= 0.6 is 0 Å². The monoisotopic (exact) mass is 443 g/mol. The zero-order valence-corrected chi connectivity index (χ0v) is 19.4. The van der Waals surface area contributed by atoms with E-state index >= 15 is 0 Å². The molecule has 1 atom stereocenters. The Labute approximate surface area is 191 Å². The summed E-state index contributed by atoms with van der Waals surface area (Å²) < 4.78 is 21.5. The maximum Gasteiger partial charge on any atom is 0.222 e. The van der Waals surface area contributed by atoms with Crippen molar-refractivity contribution in [1.82, 2.24) is 9.97 Å². The number of aromatic nitrogens is 2. The van der Waals surface area contributed by atoms with Gasteiger partial charge in [-0.25, -0.2) is 9.97 Å². The number of hydrogen-bond donors (Lipinski definition) is 0. The van der Waals surface area contributed by atoms with Crippen molar-refractivity contribution in [2.75, 3.05) is 7.11 Å². The standard InChI is InChI=1S/C26H25N3O2S/c1-26(2,3)32(30)28-17-18-10-12-20(13-11-18)24-21(19-8-6-5-7-9-19)16-22-23(29-24)14-15-27-25(22)31-4/h5-17H,1-4H3/b28-17+. The van der Waals surface area contributed by atoms with E-state index in [0.29, 0.717) is 5.88 Å². The lowest BCUT2D eigenvalue weighted by atomic mass is 9.97. The third kappa shape index (κ3) is 4.66. The maximum atomic E-state index is 12.2. The smallest absolute Gasteiger partial charge is 0.222 e. The molecule has 2 aromatic carbocycles. The minimum Gasteiger partial charge on any atom is -0.591 e. The van der Waals surface area contributed by atoms with Crippen molar-refractivity contribution >= 4 is 28.5 Å². The summed E-state index contributed by atoms with van der Waals surface area (Å²) >= 11 is -1.29. The Morgan fingerprint density at radius 3 is 2.34 bits per heavy atom. The van der Waals surface area contributed by atoms with Gasteiger partial charge in [-0.05, 0) is 44.0 Å². The molecule has 0 aliphatic carbocycles. The fourth-order valence-electron chi connectivity index (χ4n) is 3.29. The lowest BCUT2D eigenvalue weighted by molar-refractivity contribution is 0.403. The third-order valence-electron chi connectivity index (χ3n) is 4.99. The molecule has 5 nitrogen and oxygen atoms in total. The van der Waals surface area contributed by atoms with Crippen LogP contribution in [0.5, 0.6) is 5.88 Å². The maximum absolute atomic E-state index is 12.2. The second-order valence-corrected chi connectivity index (χ2v) is 10.3. The summed E-state index contributed by atoms with van der Waals surface area (Å²) in [5.41, 5.74) is 5.63. The first-order chi connectivity index (χ1) is 15.4. The zero-order valence-electron chi connectivity index (χ0n) is 18.6. The quantitative estimate of drug-likeness (QED) is 0.286. The van der Waals surface area contributed by atoms with Gasteiger partial charge in [0.05, 0.1) is 29.9 Å². The van der Waals surface area contributed by atoms with Gasteiger partial charge in [0.1, 0.15) is 16.1 Å². The molecule has 0 fully saturated rings. The summed E-state index contributed by atoms with van der Waals surface area (Å²) in [6, 6.07) is 22.1. The second kappa shape index (κ2) is 9.10. The summed E-state index contributed by atoms with van der Waals surface area (Å²) in [6.45, 7) is 5.72. The normalized spacial score (nSPS) is 12.9. The average Bonchev–Trinajstić information content (AvgIpc) is 2.81. The molecule has 4 aromatic rings. The van der Waals surface area contributed by atoms with Gasteiger partial charge in [-0.1, -0.05) is 59.0 Å². The molecule has 0 N–H and O–H groups in total. The van der Waals surface area contributed by atoms with Crippen LogP contribution in [0.2, 0.25) is 0 Å². The van der Waals surface area contributed by atoms with Gasteiger partial charge in [0, 0.05) is 17.3 Å². The molecular weight excluding hydrogens is 418 g/mol. The van der Waals surface area contributed by atoms with Crippen LogP contribution in [0.25, 0.3) is 33.3 Å². The Balaban J connectivity index is 1.79. The highest BCUT2D eigenvalue weighted by Crippen LogP contribution is 2.35. The first-order valence-electron chi connectivity index (χ1n) is 10.3. The zero-order chi connectivity index (χ0) is 22.7. The predicted octanol–water partition coefficient (Wildman–Crippen LogP) is 5.85. The molecule has 2 heterocycles. The van der Waals surface area contributed by atoms with Crippen LogP contribution in [0.3, 0.4) is 0 Å². The number of benzene rings is 2. The van der Waals surface area contributed by atoms with E-state index in [4.69, 9.17) is 9.72 Å². The lowest BCUT2D eigenvalue weighted by Gasteiger charge is -2.17. The molecule has 32 heavy (non-hydrogen) atoms. The van der Waals surface area contributed by atoms with Gasteiger partial charge in [0.15, 0.2) is 0 Å². The first-order valence-corrected chi connectivity index (χ1v) is 11.4. The van der Waals surface area contributed by atoms with Crippen molar-refractivity contribution < 1.29 is 9.29 Å². The van der Waals surface area contributed by atoms with Crippen molar-refractivity contribution in [2.45, 2.75) is 25.5 Å². The van der Waals surface area contributed by atoms with E-state index in [1.54, 1.807) is 19.5 Å². The van der Waals surface area contributed by atoms with Crippen molar-refractivity contribution in [3.8, 4) is 28.3 Å². The number of pyridine rings is 2. The molecule has 0 spiro atoms. The van der Waals surface area contributed by atoms with E-state index < -0.39 is 11.4 Å². The number of nitrogens with zero attached hydrogens (tertiary/aromatic N) is 3. The molecule has 1 unspecified atom stereocenters. The molecule has 162 valence electrons. The van der Waals surface area contributed by atoms with Crippen molar-refractivity contribution in [3.05, 3.63) is 78.5 Å². The number of fused-ring (bicyclic) bond motifs is 1. The van der Waals surface area contributed by atoms with Gasteiger partial charge in [-0.3, -0.25) is 0 Å².